The van der Waals surface area contributed by atoms with Gasteiger partial charge < -0.3 is 4.90 Å². The van der Waals surface area contributed by atoms with Gasteiger partial charge in [0.15, 0.2) is 0 Å². The molecule has 0 spiro atoms. The summed E-state index contributed by atoms with van der Waals surface area (Å²) in [6.07, 6.45) is 0. The quantitative estimate of drug-likeness (QED) is 0.160. The molecule has 10 rings (SSSR count). The van der Waals surface area contributed by atoms with Crippen molar-refractivity contribution in [3.05, 3.63) is 212 Å². The summed E-state index contributed by atoms with van der Waals surface area (Å²) < 4.78 is 2.63. The van der Waals surface area contributed by atoms with Crippen LogP contribution in [0.15, 0.2) is 212 Å². The van der Waals surface area contributed by atoms with Gasteiger partial charge in [-0.15, -0.1) is 11.3 Å². The molecule has 0 aliphatic carbocycles. The van der Waals surface area contributed by atoms with E-state index < -0.39 is 0 Å². The van der Waals surface area contributed by atoms with E-state index in [-0.39, 0.29) is 0 Å². The van der Waals surface area contributed by atoms with Gasteiger partial charge >= 0.3 is 0 Å². The summed E-state index contributed by atoms with van der Waals surface area (Å²) >= 11 is 1.86. The van der Waals surface area contributed by atoms with Gasteiger partial charge in [0, 0.05) is 37.1 Å². The standard InChI is InChI=1S/C52H35NS/c1-3-16-37(17-4-1)43-21-9-10-22-46(43)51-44(38-18-5-2-6-19-38)24-13-26-48(51)53(42-34-29-36-15-7-8-20-40(36)35-42)41-32-30-39(31-33-41)45-25-14-28-50-52(45)47-23-11-12-27-49(47)54-50/h1-35H. The molecule has 0 aliphatic rings. The summed E-state index contributed by atoms with van der Waals surface area (Å²) in [5.41, 5.74) is 12.9. The van der Waals surface area contributed by atoms with Gasteiger partial charge in [-0.2, -0.15) is 0 Å². The lowest BCUT2D eigenvalue weighted by Crippen LogP contribution is -2.12. The maximum absolute atomic E-state index is 2.44. The van der Waals surface area contributed by atoms with Crippen LogP contribution in [0, 0.1) is 0 Å². The molecule has 9 aromatic carbocycles. The summed E-state index contributed by atoms with van der Waals surface area (Å²) in [6.45, 7) is 0. The Morgan fingerprint density at radius 3 is 1.69 bits per heavy atom. The molecule has 0 amide bonds. The minimum Gasteiger partial charge on any atom is -0.310 e. The first kappa shape index (κ1) is 32.0. The maximum atomic E-state index is 2.44. The van der Waals surface area contributed by atoms with Gasteiger partial charge in [0.2, 0.25) is 0 Å². The van der Waals surface area contributed by atoms with Crippen molar-refractivity contribution < 1.29 is 0 Å². The van der Waals surface area contributed by atoms with Crippen LogP contribution in [0.1, 0.15) is 0 Å². The van der Waals surface area contributed by atoms with E-state index in [0.717, 1.165) is 17.1 Å². The van der Waals surface area contributed by atoms with Crippen LogP contribution in [0.4, 0.5) is 17.1 Å². The topological polar surface area (TPSA) is 3.24 Å². The van der Waals surface area contributed by atoms with E-state index in [1.54, 1.807) is 0 Å². The normalized spacial score (nSPS) is 11.3. The lowest BCUT2D eigenvalue weighted by Gasteiger charge is -2.30. The highest BCUT2D eigenvalue weighted by Gasteiger charge is 2.23. The van der Waals surface area contributed by atoms with Gasteiger partial charge in [-0.25, -0.2) is 0 Å². The highest BCUT2D eigenvalue weighted by atomic mass is 32.1. The molecule has 1 heterocycles. The first-order valence-corrected chi connectivity index (χ1v) is 19.2. The number of nitrogens with zero attached hydrogens (tertiary/aromatic N) is 1. The zero-order valence-corrected chi connectivity index (χ0v) is 30.4. The van der Waals surface area contributed by atoms with Crippen molar-refractivity contribution in [2.24, 2.45) is 0 Å². The third kappa shape index (κ3) is 5.65. The van der Waals surface area contributed by atoms with Crippen LogP contribution < -0.4 is 4.90 Å². The Morgan fingerprint density at radius 1 is 0.333 bits per heavy atom. The molecule has 0 fully saturated rings. The predicted molar refractivity (Wildman–Crippen MR) is 233 cm³/mol. The van der Waals surface area contributed by atoms with Crippen molar-refractivity contribution in [1.29, 1.82) is 0 Å². The first-order chi connectivity index (χ1) is 26.8. The number of thiophene rings is 1. The maximum Gasteiger partial charge on any atom is 0.0546 e. The molecule has 0 atom stereocenters. The molecule has 2 heteroatoms. The number of hydrogen-bond donors (Lipinski definition) is 0. The monoisotopic (exact) mass is 705 g/mol. The van der Waals surface area contributed by atoms with E-state index in [4.69, 9.17) is 0 Å². The summed E-state index contributed by atoms with van der Waals surface area (Å²) in [5, 5.41) is 5.07. The highest BCUT2D eigenvalue weighted by Crippen LogP contribution is 2.49. The lowest BCUT2D eigenvalue weighted by atomic mass is 9.87. The molecule has 0 saturated carbocycles. The van der Waals surface area contributed by atoms with Gasteiger partial charge in [-0.05, 0) is 92.2 Å². The second-order valence-electron chi connectivity index (χ2n) is 13.7. The second kappa shape index (κ2) is 13.7. The van der Waals surface area contributed by atoms with Crippen LogP contribution in [0.3, 0.4) is 0 Å². The van der Waals surface area contributed by atoms with Crippen molar-refractivity contribution in [2.75, 3.05) is 4.90 Å². The average molecular weight is 706 g/mol. The molecule has 0 radical (unpaired) electrons. The van der Waals surface area contributed by atoms with Crippen LogP contribution in [0.25, 0.3) is 75.5 Å². The predicted octanol–water partition coefficient (Wildman–Crippen LogP) is 15.3. The van der Waals surface area contributed by atoms with Crippen LogP contribution in [0.5, 0.6) is 0 Å². The zero-order chi connectivity index (χ0) is 35.8. The zero-order valence-electron chi connectivity index (χ0n) is 29.6. The van der Waals surface area contributed by atoms with Gasteiger partial charge in [0.25, 0.3) is 0 Å². The van der Waals surface area contributed by atoms with E-state index in [9.17, 15) is 0 Å². The van der Waals surface area contributed by atoms with Gasteiger partial charge in [-0.3, -0.25) is 0 Å². The smallest absolute Gasteiger partial charge is 0.0546 e. The third-order valence-corrected chi connectivity index (χ3v) is 11.6. The minimum absolute atomic E-state index is 1.10. The molecule has 0 saturated heterocycles. The fraction of sp³-hybridized carbons (Fsp3) is 0. The molecule has 0 N–H and O–H groups in total. The van der Waals surface area contributed by atoms with Gasteiger partial charge in [0.1, 0.15) is 0 Å². The number of hydrogen-bond acceptors (Lipinski definition) is 2. The summed E-state index contributed by atoms with van der Waals surface area (Å²) in [6, 6.07) is 77.2. The molecule has 10 aromatic rings. The highest BCUT2D eigenvalue weighted by molar-refractivity contribution is 7.25. The van der Waals surface area contributed by atoms with Crippen molar-refractivity contribution >= 4 is 59.3 Å². The molecule has 254 valence electrons. The lowest BCUT2D eigenvalue weighted by molar-refractivity contribution is 1.29. The van der Waals surface area contributed by atoms with Gasteiger partial charge in [0.05, 0.1) is 5.69 Å². The Morgan fingerprint density at radius 2 is 0.889 bits per heavy atom. The van der Waals surface area contributed by atoms with Gasteiger partial charge in [-0.1, -0.05) is 170 Å². The van der Waals surface area contributed by atoms with E-state index in [0.29, 0.717) is 0 Å². The molecule has 0 aliphatic heterocycles. The Kier molecular flexibility index (Phi) is 8.09. The Bertz CT molecular complexity index is 2920. The fourth-order valence-electron chi connectivity index (χ4n) is 7.99. The van der Waals surface area contributed by atoms with E-state index in [1.807, 2.05) is 11.3 Å². The van der Waals surface area contributed by atoms with Crippen molar-refractivity contribution in [2.45, 2.75) is 0 Å². The molecular weight excluding hydrogens is 671 g/mol. The fourth-order valence-corrected chi connectivity index (χ4v) is 9.12. The molecule has 0 bridgehead atoms. The number of anilines is 3. The summed E-state index contributed by atoms with van der Waals surface area (Å²) in [4.78, 5) is 2.44. The molecule has 1 aromatic heterocycles. The van der Waals surface area contributed by atoms with Crippen molar-refractivity contribution in [3.8, 4) is 44.5 Å². The molecule has 54 heavy (non-hydrogen) atoms. The number of benzene rings is 9. The first-order valence-electron chi connectivity index (χ1n) is 18.4. The largest absolute Gasteiger partial charge is 0.310 e. The van der Waals surface area contributed by atoms with Crippen LogP contribution >= 0.6 is 11.3 Å². The Hall–Kier alpha value is -6.74. The summed E-state index contributed by atoms with van der Waals surface area (Å²) in [5.74, 6) is 0. The second-order valence-corrected chi connectivity index (χ2v) is 14.8. The molecule has 1 nitrogen and oxygen atoms in total. The van der Waals surface area contributed by atoms with E-state index in [2.05, 4.69) is 217 Å². The summed E-state index contributed by atoms with van der Waals surface area (Å²) in [7, 11) is 0. The SMILES string of the molecule is c1ccc(-c2ccccc2-c2c(-c3ccccc3)cccc2N(c2ccc(-c3cccc4sc5ccccc5c34)cc2)c2ccc3ccccc3c2)cc1. The van der Waals surface area contributed by atoms with E-state index in [1.165, 1.54) is 75.5 Å². The Labute approximate surface area is 319 Å². The van der Waals surface area contributed by atoms with Crippen LogP contribution in [-0.4, -0.2) is 0 Å². The average Bonchev–Trinajstić information content (AvgIpc) is 3.64. The van der Waals surface area contributed by atoms with Crippen molar-refractivity contribution in [1.82, 2.24) is 0 Å². The van der Waals surface area contributed by atoms with Crippen LogP contribution in [-0.2, 0) is 0 Å². The molecule has 0 unspecified atom stereocenters. The molecular formula is C52H35NS. The number of fused-ring (bicyclic) bond motifs is 4. The third-order valence-electron chi connectivity index (χ3n) is 10.5. The van der Waals surface area contributed by atoms with Crippen LogP contribution in [0.2, 0.25) is 0 Å². The minimum atomic E-state index is 1.10. The van der Waals surface area contributed by atoms with Crippen molar-refractivity contribution in [3.63, 3.8) is 0 Å². The Balaban J connectivity index is 1.22. The number of rotatable bonds is 7. The van der Waals surface area contributed by atoms with E-state index >= 15 is 0 Å².